The zero-order valence-corrected chi connectivity index (χ0v) is 14.0. The van der Waals surface area contributed by atoms with Crippen molar-refractivity contribution in [2.75, 3.05) is 26.3 Å². The zero-order valence-electron chi connectivity index (χ0n) is 14.0. The van der Waals surface area contributed by atoms with Crippen LogP contribution in [0.25, 0.3) is 0 Å². The predicted octanol–water partition coefficient (Wildman–Crippen LogP) is 1.07. The van der Waals surface area contributed by atoms with Crippen molar-refractivity contribution in [2.24, 2.45) is 0 Å². The van der Waals surface area contributed by atoms with E-state index in [4.69, 9.17) is 14.6 Å². The van der Waals surface area contributed by atoms with Gasteiger partial charge in [-0.15, -0.1) is 0 Å². The number of aliphatic carboxylic acids is 1. The number of carboxylic acid groups (broad SMARTS) is 1. The fraction of sp³-hybridized carbons (Fsp3) is 0.556. The van der Waals surface area contributed by atoms with E-state index in [0.29, 0.717) is 25.3 Å². The van der Waals surface area contributed by atoms with Crippen molar-refractivity contribution in [1.29, 1.82) is 0 Å². The molecule has 1 amide bonds. The summed E-state index contributed by atoms with van der Waals surface area (Å²) in [5, 5.41) is 8.84. The second-order valence-electron chi connectivity index (χ2n) is 6.82. The number of carbonyl (C=O) groups excluding carboxylic acids is 1. The summed E-state index contributed by atoms with van der Waals surface area (Å²) in [5.74, 6) is -0.246. The molecule has 3 heterocycles. The Morgan fingerprint density at radius 1 is 1.36 bits per heavy atom. The van der Waals surface area contributed by atoms with Crippen molar-refractivity contribution in [2.45, 2.75) is 37.6 Å². The Morgan fingerprint density at radius 3 is 3.04 bits per heavy atom. The summed E-state index contributed by atoms with van der Waals surface area (Å²) in [7, 11) is 0. The zero-order chi connectivity index (χ0) is 17.4. The average Bonchev–Trinajstić information content (AvgIpc) is 3.07. The molecule has 0 aromatic heterocycles. The third-order valence-electron chi connectivity index (χ3n) is 5.42. The van der Waals surface area contributed by atoms with Gasteiger partial charge in [0.05, 0.1) is 12.6 Å². The lowest BCUT2D eigenvalue weighted by Gasteiger charge is -2.42. The highest BCUT2D eigenvalue weighted by Crippen LogP contribution is 2.45. The van der Waals surface area contributed by atoms with Gasteiger partial charge in [0.25, 0.3) is 0 Å². The number of carboxylic acids is 1. The fourth-order valence-electron chi connectivity index (χ4n) is 4.36. The van der Waals surface area contributed by atoms with Crippen LogP contribution in [0, 0.1) is 0 Å². The summed E-state index contributed by atoms with van der Waals surface area (Å²) in [6.07, 6.45) is 2.20. The van der Waals surface area contributed by atoms with Crippen molar-refractivity contribution in [1.82, 2.24) is 9.80 Å². The first-order valence-electron chi connectivity index (χ1n) is 8.71. The molecule has 3 aliphatic rings. The van der Waals surface area contributed by atoms with Crippen molar-refractivity contribution >= 4 is 11.9 Å². The maximum Gasteiger partial charge on any atom is 0.341 e. The maximum atomic E-state index is 12.4. The van der Waals surface area contributed by atoms with Gasteiger partial charge in [-0.3, -0.25) is 9.69 Å². The minimum absolute atomic E-state index is 0.0489. The highest BCUT2D eigenvalue weighted by atomic mass is 16.5. The van der Waals surface area contributed by atoms with E-state index in [1.54, 1.807) is 6.07 Å². The van der Waals surface area contributed by atoms with Gasteiger partial charge in [-0.2, -0.15) is 0 Å². The number of hydrogen-bond donors (Lipinski definition) is 1. The Labute approximate surface area is 146 Å². The van der Waals surface area contributed by atoms with E-state index in [2.05, 4.69) is 4.90 Å². The molecule has 1 N–H and O–H groups in total. The lowest BCUT2D eigenvalue weighted by molar-refractivity contribution is -0.180. The van der Waals surface area contributed by atoms with Gasteiger partial charge in [-0.25, -0.2) is 4.79 Å². The largest absolute Gasteiger partial charge is 0.482 e. The van der Waals surface area contributed by atoms with Gasteiger partial charge in [0.2, 0.25) is 5.91 Å². The number of benzene rings is 1. The monoisotopic (exact) mass is 346 g/mol. The van der Waals surface area contributed by atoms with Gasteiger partial charge < -0.3 is 19.5 Å². The van der Waals surface area contributed by atoms with Crippen LogP contribution in [0.5, 0.6) is 5.75 Å². The van der Waals surface area contributed by atoms with Gasteiger partial charge in [-0.1, -0.05) is 18.2 Å². The van der Waals surface area contributed by atoms with E-state index in [1.807, 2.05) is 23.1 Å². The fourth-order valence-corrected chi connectivity index (χ4v) is 4.36. The van der Waals surface area contributed by atoms with Crippen molar-refractivity contribution in [3.05, 3.63) is 29.8 Å². The summed E-state index contributed by atoms with van der Waals surface area (Å²) in [5.41, 5.74) is 0.467. The number of carbonyl (C=O) groups is 2. The molecular formula is C18H22N2O5. The van der Waals surface area contributed by atoms with Crippen LogP contribution in [0.3, 0.4) is 0 Å². The van der Waals surface area contributed by atoms with E-state index in [1.165, 1.54) is 0 Å². The number of rotatable bonds is 5. The minimum atomic E-state index is -0.998. The molecule has 0 radical (unpaired) electrons. The Bertz CT molecular complexity index is 694. The van der Waals surface area contributed by atoms with Gasteiger partial charge in [0.15, 0.2) is 12.3 Å². The van der Waals surface area contributed by atoms with Crippen LogP contribution in [0.1, 0.15) is 24.8 Å². The lowest BCUT2D eigenvalue weighted by Crippen LogP contribution is -2.56. The molecule has 7 heteroatoms. The first-order chi connectivity index (χ1) is 12.1. The second kappa shape index (κ2) is 6.31. The molecule has 1 aromatic carbocycles. The van der Waals surface area contributed by atoms with Crippen molar-refractivity contribution in [3.8, 4) is 5.75 Å². The van der Waals surface area contributed by atoms with E-state index in [9.17, 15) is 9.59 Å². The smallest absolute Gasteiger partial charge is 0.341 e. The lowest BCUT2D eigenvalue weighted by atomic mass is 10.0. The molecule has 1 aromatic rings. The van der Waals surface area contributed by atoms with Crippen LogP contribution < -0.4 is 4.74 Å². The summed E-state index contributed by atoms with van der Waals surface area (Å²) in [6.45, 7) is 2.59. The van der Waals surface area contributed by atoms with Gasteiger partial charge in [0, 0.05) is 38.0 Å². The SMILES string of the molecule is O=C(O)COc1ccccc1CN1CC[C@@]23OCCCN2C(=O)C[C@@H]13. The molecule has 0 aliphatic carbocycles. The number of para-hydroxylation sites is 1. The third kappa shape index (κ3) is 2.77. The quantitative estimate of drug-likeness (QED) is 0.859. The highest BCUT2D eigenvalue weighted by molar-refractivity contribution is 5.81. The van der Waals surface area contributed by atoms with Gasteiger partial charge >= 0.3 is 5.97 Å². The molecule has 0 bridgehead atoms. The molecule has 3 aliphatic heterocycles. The minimum Gasteiger partial charge on any atom is -0.482 e. The second-order valence-corrected chi connectivity index (χ2v) is 6.82. The first kappa shape index (κ1) is 16.4. The summed E-state index contributed by atoms with van der Waals surface area (Å²) >= 11 is 0. The molecule has 134 valence electrons. The van der Waals surface area contributed by atoms with Crippen molar-refractivity contribution < 1.29 is 24.2 Å². The van der Waals surface area contributed by atoms with E-state index < -0.39 is 11.7 Å². The van der Waals surface area contributed by atoms with Crippen LogP contribution in [0.2, 0.25) is 0 Å². The highest BCUT2D eigenvalue weighted by Gasteiger charge is 2.60. The number of hydrogen-bond acceptors (Lipinski definition) is 5. The van der Waals surface area contributed by atoms with Crippen LogP contribution in [0.4, 0.5) is 0 Å². The van der Waals surface area contributed by atoms with Crippen molar-refractivity contribution in [3.63, 3.8) is 0 Å². The summed E-state index contributed by atoms with van der Waals surface area (Å²) in [6, 6.07) is 7.52. The molecular weight excluding hydrogens is 324 g/mol. The Balaban J connectivity index is 1.53. The topological polar surface area (TPSA) is 79.3 Å². The Hall–Kier alpha value is -2.12. The molecule has 2 atom stereocenters. The van der Waals surface area contributed by atoms with Crippen LogP contribution >= 0.6 is 0 Å². The average molecular weight is 346 g/mol. The molecule has 1 spiro atoms. The van der Waals surface area contributed by atoms with E-state index >= 15 is 0 Å². The normalized spacial score (nSPS) is 28.7. The Kier molecular flexibility index (Phi) is 4.13. The standard InChI is InChI=1S/C18H22N2O5/c21-16-10-15-18(20(16)7-3-9-25-18)6-8-19(15)11-13-4-1-2-5-14(13)24-12-17(22)23/h1-2,4-5,15H,3,6-12H2,(H,22,23)/t15-,18+/m1/s1. The van der Waals surface area contributed by atoms with E-state index in [-0.39, 0.29) is 18.6 Å². The molecule has 3 saturated heterocycles. The summed E-state index contributed by atoms with van der Waals surface area (Å²) < 4.78 is 11.5. The molecule has 4 rings (SSSR count). The van der Waals surface area contributed by atoms with Crippen LogP contribution in [-0.2, 0) is 20.9 Å². The maximum absolute atomic E-state index is 12.4. The number of amides is 1. The van der Waals surface area contributed by atoms with Gasteiger partial charge in [-0.05, 0) is 12.5 Å². The number of ether oxygens (including phenoxy) is 2. The van der Waals surface area contributed by atoms with Gasteiger partial charge in [0.1, 0.15) is 5.75 Å². The molecule has 0 saturated carbocycles. The van der Waals surface area contributed by atoms with Crippen LogP contribution in [-0.4, -0.2) is 64.9 Å². The molecule has 3 fully saturated rings. The number of nitrogens with zero attached hydrogens (tertiary/aromatic N) is 2. The first-order valence-corrected chi connectivity index (χ1v) is 8.71. The molecule has 0 unspecified atom stereocenters. The summed E-state index contributed by atoms with van der Waals surface area (Å²) in [4.78, 5) is 27.4. The number of likely N-dealkylation sites (tertiary alicyclic amines) is 1. The molecule has 7 nitrogen and oxygen atoms in total. The van der Waals surface area contributed by atoms with Crippen LogP contribution in [0.15, 0.2) is 24.3 Å². The van der Waals surface area contributed by atoms with E-state index in [0.717, 1.165) is 31.5 Å². The third-order valence-corrected chi connectivity index (χ3v) is 5.42. The molecule has 25 heavy (non-hydrogen) atoms. The predicted molar refractivity (Wildman–Crippen MR) is 88.0 cm³/mol. The Morgan fingerprint density at radius 2 is 2.20 bits per heavy atom.